The predicted molar refractivity (Wildman–Crippen MR) is 136 cm³/mol. The third-order valence-corrected chi connectivity index (χ3v) is 7.07. The first-order chi connectivity index (χ1) is 15.6. The molecule has 34 heavy (non-hydrogen) atoms. The van der Waals surface area contributed by atoms with Gasteiger partial charge in [0.05, 0.1) is 11.1 Å². The van der Waals surface area contributed by atoms with E-state index in [-0.39, 0.29) is 12.1 Å². The molecule has 9 heteroatoms. The molecule has 3 rings (SSSR count). The van der Waals surface area contributed by atoms with Crippen LogP contribution in [0.1, 0.15) is 66.9 Å². The first kappa shape index (κ1) is 26.5. The molecule has 188 valence electrons. The van der Waals surface area contributed by atoms with Crippen LogP contribution >= 0.6 is 12.0 Å². The van der Waals surface area contributed by atoms with Crippen LogP contribution in [0.25, 0.3) is 10.9 Å². The fraction of sp³-hybridized carbons (Fsp3) is 0.640. The molecule has 2 heterocycles. The third kappa shape index (κ3) is 6.73. The van der Waals surface area contributed by atoms with E-state index in [1.54, 1.807) is 18.7 Å². The maximum absolute atomic E-state index is 12.3. The number of anilines is 1. The Hall–Kier alpha value is -2.10. The second kappa shape index (κ2) is 9.87. The van der Waals surface area contributed by atoms with Crippen molar-refractivity contribution in [3.8, 4) is 0 Å². The largest absolute Gasteiger partial charge is 0.444 e. The van der Waals surface area contributed by atoms with Gasteiger partial charge in [0, 0.05) is 47.7 Å². The highest BCUT2D eigenvalue weighted by Crippen LogP contribution is 2.34. The number of nitrogens with zero attached hydrogens (tertiary/aromatic N) is 3. The molecule has 8 nitrogen and oxygen atoms in total. The van der Waals surface area contributed by atoms with Crippen LogP contribution < -0.4 is 5.32 Å². The number of likely N-dealkylation sites (tertiary alicyclic amines) is 1. The molecule has 1 aliphatic rings. The van der Waals surface area contributed by atoms with Gasteiger partial charge in [-0.1, -0.05) is 0 Å². The van der Waals surface area contributed by atoms with Gasteiger partial charge in [0.2, 0.25) is 5.95 Å². The molecule has 0 radical (unpaired) electrons. The van der Waals surface area contributed by atoms with Gasteiger partial charge in [-0.15, -0.1) is 0 Å². The molecule has 0 spiro atoms. The van der Waals surface area contributed by atoms with Crippen molar-refractivity contribution in [1.29, 1.82) is 0 Å². The minimum atomic E-state index is -0.974. The maximum Gasteiger partial charge on any atom is 0.410 e. The number of piperidine rings is 1. The molecule has 1 aromatic heterocycles. The number of aryl methyl sites for hydroxylation is 1. The molecule has 1 saturated heterocycles. The Kier molecular flexibility index (Phi) is 7.70. The Morgan fingerprint density at radius 1 is 1.15 bits per heavy atom. The Morgan fingerprint density at radius 2 is 1.79 bits per heavy atom. The predicted octanol–water partition coefficient (Wildman–Crippen LogP) is 5.32. The average molecular weight is 491 g/mol. The lowest BCUT2D eigenvalue weighted by Crippen LogP contribution is -2.45. The van der Waals surface area contributed by atoms with E-state index in [9.17, 15) is 9.90 Å². The van der Waals surface area contributed by atoms with E-state index >= 15 is 0 Å². The van der Waals surface area contributed by atoms with Gasteiger partial charge < -0.3 is 24.2 Å². The molecule has 1 fully saturated rings. The Bertz CT molecular complexity index is 1020. The lowest BCUT2D eigenvalue weighted by atomic mass is 9.90. The first-order valence-corrected chi connectivity index (χ1v) is 12.5. The molecule has 2 N–H and O–H groups in total. The van der Waals surface area contributed by atoms with Crippen LogP contribution in [0.2, 0.25) is 0 Å². The summed E-state index contributed by atoms with van der Waals surface area (Å²) in [5.41, 5.74) is -0.272. The lowest BCUT2D eigenvalue weighted by molar-refractivity contribution is -0.0813. The number of benzene rings is 1. The highest BCUT2D eigenvalue weighted by atomic mass is 32.2. The third-order valence-electron chi connectivity index (χ3n) is 6.15. The molecule has 0 bridgehead atoms. The van der Waals surface area contributed by atoms with Gasteiger partial charge >= 0.3 is 6.09 Å². The summed E-state index contributed by atoms with van der Waals surface area (Å²) in [7, 11) is 0. The molecule has 1 aliphatic heterocycles. The van der Waals surface area contributed by atoms with Gasteiger partial charge in [0.1, 0.15) is 11.2 Å². The van der Waals surface area contributed by atoms with E-state index in [4.69, 9.17) is 13.9 Å². The van der Waals surface area contributed by atoms with Crippen molar-refractivity contribution in [2.75, 3.05) is 18.4 Å². The summed E-state index contributed by atoms with van der Waals surface area (Å²) < 4.78 is 11.4. The number of ether oxygens (including phenoxy) is 1. The second-order valence-electron chi connectivity index (χ2n) is 11.0. The number of fused-ring (bicyclic) bond motifs is 1. The summed E-state index contributed by atoms with van der Waals surface area (Å²) in [6.45, 7) is 16.1. The summed E-state index contributed by atoms with van der Waals surface area (Å²) in [6, 6.07) is 4.23. The summed E-state index contributed by atoms with van der Waals surface area (Å²) >= 11 is 1.25. The van der Waals surface area contributed by atoms with Crippen molar-refractivity contribution in [3.05, 3.63) is 23.9 Å². The molecule has 0 aliphatic carbocycles. The van der Waals surface area contributed by atoms with Gasteiger partial charge in [-0.25, -0.2) is 14.8 Å². The van der Waals surface area contributed by atoms with Crippen LogP contribution in [-0.2, 0) is 8.92 Å². The average Bonchev–Trinajstić information content (AvgIpc) is 2.71. The number of amides is 1. The normalized spacial score (nSPS) is 16.1. The Labute approximate surface area is 207 Å². The number of aliphatic hydroxyl groups is 1. The fourth-order valence-electron chi connectivity index (χ4n) is 3.38. The zero-order valence-electron chi connectivity index (χ0n) is 21.6. The first-order valence-electron chi connectivity index (χ1n) is 11.7. The van der Waals surface area contributed by atoms with E-state index in [0.717, 1.165) is 34.2 Å². The monoisotopic (exact) mass is 490 g/mol. The van der Waals surface area contributed by atoms with Crippen molar-refractivity contribution in [2.24, 2.45) is 0 Å². The van der Waals surface area contributed by atoms with E-state index in [0.29, 0.717) is 19.0 Å². The summed E-state index contributed by atoms with van der Waals surface area (Å²) in [6.07, 6.45) is 3.18. The van der Waals surface area contributed by atoms with Gasteiger partial charge in [-0.2, -0.15) is 0 Å². The summed E-state index contributed by atoms with van der Waals surface area (Å²) in [4.78, 5) is 24.2. The lowest BCUT2D eigenvalue weighted by Gasteiger charge is -2.35. The number of rotatable bonds is 6. The number of hydrogen-bond acceptors (Lipinski definition) is 8. The zero-order valence-corrected chi connectivity index (χ0v) is 22.4. The van der Waals surface area contributed by atoms with Crippen LogP contribution in [0, 0.1) is 6.92 Å². The molecule has 0 saturated carbocycles. The van der Waals surface area contributed by atoms with Crippen molar-refractivity contribution in [2.45, 2.75) is 96.0 Å². The minimum Gasteiger partial charge on any atom is -0.444 e. The molecule has 0 atom stereocenters. The van der Waals surface area contributed by atoms with Gasteiger partial charge in [-0.3, -0.25) is 0 Å². The number of carbonyl (C=O) groups is 1. The van der Waals surface area contributed by atoms with Crippen molar-refractivity contribution < 1.29 is 18.8 Å². The van der Waals surface area contributed by atoms with Gasteiger partial charge in [-0.05, 0) is 85.9 Å². The molecule has 0 unspecified atom stereocenters. The van der Waals surface area contributed by atoms with Crippen LogP contribution in [-0.4, -0.2) is 62.0 Å². The highest BCUT2D eigenvalue weighted by Gasteiger charge is 2.37. The van der Waals surface area contributed by atoms with Gasteiger partial charge in [0.15, 0.2) is 0 Å². The number of hydrogen-bond donors (Lipinski definition) is 2. The number of aromatic nitrogens is 2. The van der Waals surface area contributed by atoms with Crippen LogP contribution in [0.4, 0.5) is 10.7 Å². The Balaban J connectivity index is 1.62. The smallest absolute Gasteiger partial charge is 0.410 e. The molecular formula is C25H38N4O4S. The molecule has 1 amide bonds. The minimum absolute atomic E-state index is 0.198. The van der Waals surface area contributed by atoms with Crippen molar-refractivity contribution in [3.63, 3.8) is 0 Å². The van der Waals surface area contributed by atoms with E-state index in [1.165, 1.54) is 12.0 Å². The Morgan fingerprint density at radius 3 is 2.38 bits per heavy atom. The van der Waals surface area contributed by atoms with Gasteiger partial charge in [0.25, 0.3) is 0 Å². The van der Waals surface area contributed by atoms with Crippen LogP contribution in [0.3, 0.4) is 0 Å². The second-order valence-corrected chi connectivity index (χ2v) is 11.8. The molecule has 1 aromatic carbocycles. The summed E-state index contributed by atoms with van der Waals surface area (Å²) in [5.74, 6) is 0.589. The SMILES string of the molecule is Cc1cc(SOC(C)(C)C(C)(C)O)cc2cnc(NC3CCN(C(=O)OC(C)(C)C)CC3)nc12. The van der Waals surface area contributed by atoms with E-state index < -0.39 is 16.8 Å². The van der Waals surface area contributed by atoms with Crippen molar-refractivity contribution >= 4 is 35.0 Å². The fourth-order valence-corrected chi connectivity index (χ4v) is 4.29. The molecule has 2 aromatic rings. The zero-order chi connectivity index (χ0) is 25.3. The highest BCUT2D eigenvalue weighted by molar-refractivity contribution is 7.94. The quantitative estimate of drug-likeness (QED) is 0.525. The van der Waals surface area contributed by atoms with Crippen LogP contribution in [0.15, 0.2) is 23.2 Å². The number of nitrogens with one attached hydrogen (secondary N) is 1. The topological polar surface area (TPSA) is 96.8 Å². The molecular weight excluding hydrogens is 452 g/mol. The van der Waals surface area contributed by atoms with Crippen LogP contribution in [0.5, 0.6) is 0 Å². The van der Waals surface area contributed by atoms with Crippen molar-refractivity contribution in [1.82, 2.24) is 14.9 Å². The van der Waals surface area contributed by atoms with E-state index in [2.05, 4.69) is 10.3 Å². The number of carbonyl (C=O) groups excluding carboxylic acids is 1. The van der Waals surface area contributed by atoms with E-state index in [1.807, 2.05) is 59.9 Å². The summed E-state index contributed by atoms with van der Waals surface area (Å²) in [5, 5.41) is 14.7. The maximum atomic E-state index is 12.3. The standard InChI is InChI=1S/C25H38N4O4S/c1-16-13-19(34-33-25(7,8)24(5,6)31)14-17-15-26-21(28-20(16)17)27-18-9-11-29(12-10-18)22(30)32-23(2,3)4/h13-15,18,31H,9-12H2,1-8H3,(H,26,27,28).